The lowest BCUT2D eigenvalue weighted by molar-refractivity contribution is 1.01. The third-order valence-corrected chi connectivity index (χ3v) is 4.27. The lowest BCUT2D eigenvalue weighted by atomic mass is 9.97. The predicted molar refractivity (Wildman–Crippen MR) is 68.7 cm³/mol. The molecule has 0 saturated heterocycles. The second-order valence-corrected chi connectivity index (χ2v) is 5.19. The van der Waals surface area contributed by atoms with Crippen LogP contribution in [0.3, 0.4) is 0 Å². The number of rotatable bonds is 1. The zero-order valence-electron chi connectivity index (χ0n) is 8.70. The molecule has 1 heterocycles. The van der Waals surface area contributed by atoms with Crippen molar-refractivity contribution in [3.63, 3.8) is 0 Å². The van der Waals surface area contributed by atoms with Gasteiger partial charge in [0.1, 0.15) is 0 Å². The van der Waals surface area contributed by atoms with E-state index in [-0.39, 0.29) is 0 Å². The van der Waals surface area contributed by atoms with Gasteiger partial charge in [0.2, 0.25) is 0 Å². The summed E-state index contributed by atoms with van der Waals surface area (Å²) >= 11 is 0. The average molecular weight is 212 g/mol. The average Bonchev–Trinajstić information content (AvgIpc) is 2.87. The number of hydrogen-bond acceptors (Lipinski definition) is 0. The maximum atomic E-state index is 2.35. The molecule has 1 heteroatoms. The van der Waals surface area contributed by atoms with Gasteiger partial charge in [-0.05, 0) is 33.9 Å². The van der Waals surface area contributed by atoms with Crippen LogP contribution in [0, 0.1) is 0 Å². The fourth-order valence-electron chi connectivity index (χ4n) is 2.32. The van der Waals surface area contributed by atoms with Crippen LogP contribution in [-0.4, -0.2) is 0 Å². The van der Waals surface area contributed by atoms with E-state index in [1.54, 1.807) is 0 Å². The minimum atomic E-state index is 0.569. The van der Waals surface area contributed by atoms with Gasteiger partial charge < -0.3 is 0 Å². The summed E-state index contributed by atoms with van der Waals surface area (Å²) in [5.74, 6) is 2.83. The third-order valence-electron chi connectivity index (χ3n) is 3.15. The van der Waals surface area contributed by atoms with Crippen LogP contribution < -0.4 is 0 Å². The van der Waals surface area contributed by atoms with E-state index in [9.17, 15) is 0 Å². The summed E-state index contributed by atoms with van der Waals surface area (Å²) in [6.45, 7) is 2.31. The lowest BCUT2D eigenvalue weighted by Gasteiger charge is -2.09. The number of benzene rings is 1. The summed E-state index contributed by atoms with van der Waals surface area (Å²) in [5, 5.41) is 1.51. The van der Waals surface area contributed by atoms with Crippen molar-refractivity contribution in [2.75, 3.05) is 0 Å². The van der Waals surface area contributed by atoms with Crippen LogP contribution in [0.25, 0.3) is 11.6 Å². The largest absolute Gasteiger partial charge is 0.132 e. The molecule has 0 saturated carbocycles. The highest BCUT2D eigenvalue weighted by molar-refractivity contribution is 7.31. The Morgan fingerprint density at radius 2 is 1.93 bits per heavy atom. The molecule has 0 radical (unpaired) electrons. The molecule has 0 fully saturated rings. The Hall–Kier alpha value is -1.26. The van der Waals surface area contributed by atoms with E-state index in [4.69, 9.17) is 0 Å². The summed E-state index contributed by atoms with van der Waals surface area (Å²) in [6, 6.07) is 13.1. The van der Waals surface area contributed by atoms with Crippen LogP contribution in [0.15, 0.2) is 42.2 Å². The molecule has 0 amide bonds. The van der Waals surface area contributed by atoms with E-state index < -0.39 is 0 Å². The van der Waals surface area contributed by atoms with Gasteiger partial charge >= 0.3 is 0 Å². The van der Waals surface area contributed by atoms with E-state index in [2.05, 4.69) is 55.2 Å². The van der Waals surface area contributed by atoms with Crippen molar-refractivity contribution in [2.24, 2.45) is 0 Å². The molecule has 2 aromatic rings. The van der Waals surface area contributed by atoms with Gasteiger partial charge in [-0.25, -0.2) is 0 Å². The predicted octanol–water partition coefficient (Wildman–Crippen LogP) is 4.38. The molecule has 0 aliphatic heterocycles. The van der Waals surface area contributed by atoms with Crippen molar-refractivity contribution in [1.82, 2.24) is 0 Å². The molecule has 1 aliphatic carbocycles. The minimum Gasteiger partial charge on any atom is -0.132 e. The zero-order chi connectivity index (χ0) is 10.3. The maximum absolute atomic E-state index is 2.35. The Morgan fingerprint density at radius 1 is 1.07 bits per heavy atom. The first-order chi connectivity index (χ1) is 7.36. The highest BCUT2D eigenvalue weighted by atomic mass is 31.0. The van der Waals surface area contributed by atoms with Gasteiger partial charge in [-0.3, -0.25) is 0 Å². The quantitative estimate of drug-likeness (QED) is 0.658. The second kappa shape index (κ2) is 3.40. The lowest BCUT2D eigenvalue weighted by Crippen LogP contribution is -1.90. The normalized spacial score (nSPS) is 19.3. The fraction of sp³-hybridized carbons (Fsp3) is 0.143. The molecule has 1 aliphatic rings. The van der Waals surface area contributed by atoms with Crippen molar-refractivity contribution >= 4 is 19.8 Å². The highest BCUT2D eigenvalue weighted by Gasteiger charge is 2.21. The Morgan fingerprint density at radius 3 is 2.67 bits per heavy atom. The van der Waals surface area contributed by atoms with Gasteiger partial charge in [0.05, 0.1) is 0 Å². The Labute approximate surface area is 91.7 Å². The number of fused-ring (bicyclic) bond motifs is 1. The third kappa shape index (κ3) is 1.37. The fourth-order valence-corrected chi connectivity index (χ4v) is 3.34. The number of hydrogen-bond donors (Lipinski definition) is 0. The molecule has 1 aromatic heterocycles. The Balaban J connectivity index is 2.11. The topological polar surface area (TPSA) is 0 Å². The molecular weight excluding hydrogens is 199 g/mol. The van der Waals surface area contributed by atoms with Crippen molar-refractivity contribution in [3.8, 4) is 0 Å². The van der Waals surface area contributed by atoms with Crippen molar-refractivity contribution in [3.05, 3.63) is 58.6 Å². The summed E-state index contributed by atoms with van der Waals surface area (Å²) < 4.78 is 0. The molecule has 0 spiro atoms. The van der Waals surface area contributed by atoms with Gasteiger partial charge in [0.15, 0.2) is 0 Å². The Bertz CT molecular complexity index is 506. The van der Waals surface area contributed by atoms with Crippen molar-refractivity contribution in [2.45, 2.75) is 12.8 Å². The van der Waals surface area contributed by atoms with Crippen LogP contribution >= 0.6 is 8.19 Å². The van der Waals surface area contributed by atoms with E-state index in [0.29, 0.717) is 5.92 Å². The first-order valence-electron chi connectivity index (χ1n) is 5.30. The minimum absolute atomic E-state index is 0.569. The van der Waals surface area contributed by atoms with Crippen molar-refractivity contribution < 1.29 is 0 Å². The van der Waals surface area contributed by atoms with Gasteiger partial charge in [-0.15, -0.1) is 8.19 Å². The molecule has 0 bridgehead atoms. The molecule has 15 heavy (non-hydrogen) atoms. The van der Waals surface area contributed by atoms with Gasteiger partial charge in [-0.2, -0.15) is 0 Å². The van der Waals surface area contributed by atoms with Crippen molar-refractivity contribution in [1.29, 1.82) is 0 Å². The van der Waals surface area contributed by atoms with Crippen LogP contribution in [0.1, 0.15) is 29.3 Å². The second-order valence-electron chi connectivity index (χ2n) is 4.03. The summed E-state index contributed by atoms with van der Waals surface area (Å²) in [5.41, 5.74) is 4.39. The van der Waals surface area contributed by atoms with E-state index >= 15 is 0 Å². The first-order valence-corrected chi connectivity index (χ1v) is 6.38. The molecule has 74 valence electrons. The molecule has 2 atom stereocenters. The molecular formula is C14H13P. The molecule has 0 N–H and O–H groups in total. The van der Waals surface area contributed by atoms with Gasteiger partial charge in [0.25, 0.3) is 0 Å². The summed E-state index contributed by atoms with van der Waals surface area (Å²) in [4.78, 5) is 0. The molecule has 1 aromatic carbocycles. The highest BCUT2D eigenvalue weighted by Crippen LogP contribution is 2.43. The van der Waals surface area contributed by atoms with Crippen LogP contribution in [-0.2, 0) is 0 Å². The van der Waals surface area contributed by atoms with E-state index in [1.807, 2.05) is 0 Å². The van der Waals surface area contributed by atoms with E-state index in [1.165, 1.54) is 22.0 Å². The molecule has 3 rings (SSSR count). The van der Waals surface area contributed by atoms with E-state index in [0.717, 1.165) is 8.19 Å². The first kappa shape index (κ1) is 9.00. The van der Waals surface area contributed by atoms with Gasteiger partial charge in [-0.1, -0.05) is 43.3 Å². The monoisotopic (exact) mass is 212 g/mol. The van der Waals surface area contributed by atoms with Crippen LogP contribution in [0.4, 0.5) is 0 Å². The van der Waals surface area contributed by atoms with Crippen LogP contribution in [0.2, 0.25) is 0 Å². The molecule has 0 nitrogen and oxygen atoms in total. The maximum Gasteiger partial charge on any atom is 0.00762 e. The standard InChI is InChI=1S/C14H13P/c1-10-12-6-3-2-5-11(12)9-13(10)14-7-4-8-15-14/h2-10,15H,1H3. The van der Waals surface area contributed by atoms with Gasteiger partial charge in [0, 0.05) is 5.92 Å². The zero-order valence-corrected chi connectivity index (χ0v) is 9.70. The van der Waals surface area contributed by atoms with Crippen LogP contribution in [0.5, 0.6) is 0 Å². The molecule has 2 unspecified atom stereocenters. The number of allylic oxidation sites excluding steroid dienone is 1. The summed E-state index contributed by atoms with van der Waals surface area (Å²) in [7, 11) is 0.860. The smallest absolute Gasteiger partial charge is 0.00762 e. The SMILES string of the molecule is CC1C(c2ccc[pH]2)=Cc2ccccc21. The summed E-state index contributed by atoms with van der Waals surface area (Å²) in [6.07, 6.45) is 2.35. The Kier molecular flexibility index (Phi) is 2.04.